The van der Waals surface area contributed by atoms with Gasteiger partial charge in [-0.25, -0.2) is 0 Å². The molecule has 2 aliphatic heterocycles. The van der Waals surface area contributed by atoms with E-state index in [0.29, 0.717) is 0 Å². The van der Waals surface area contributed by atoms with E-state index in [9.17, 15) is 0 Å². The SMILES string of the molecule is C1=CC(N2CCCCC2)=COC1. The van der Waals surface area contributed by atoms with Crippen molar-refractivity contribution in [2.75, 3.05) is 19.7 Å². The molecule has 2 heterocycles. The van der Waals surface area contributed by atoms with Gasteiger partial charge in [0.15, 0.2) is 0 Å². The fraction of sp³-hybridized carbons (Fsp3) is 0.600. The highest BCUT2D eigenvalue weighted by Gasteiger charge is 2.12. The summed E-state index contributed by atoms with van der Waals surface area (Å²) in [5.74, 6) is 0. The summed E-state index contributed by atoms with van der Waals surface area (Å²) < 4.78 is 5.24. The first-order valence-electron chi connectivity index (χ1n) is 4.70. The molecule has 66 valence electrons. The molecule has 0 atom stereocenters. The minimum absolute atomic E-state index is 0.733. The van der Waals surface area contributed by atoms with Crippen LogP contribution in [0.2, 0.25) is 0 Å². The highest BCUT2D eigenvalue weighted by atomic mass is 16.5. The first-order valence-corrected chi connectivity index (χ1v) is 4.70. The van der Waals surface area contributed by atoms with Gasteiger partial charge in [0.25, 0.3) is 0 Å². The van der Waals surface area contributed by atoms with Crippen LogP contribution in [0.1, 0.15) is 19.3 Å². The number of rotatable bonds is 1. The van der Waals surface area contributed by atoms with Crippen LogP contribution in [0.15, 0.2) is 24.1 Å². The van der Waals surface area contributed by atoms with Crippen LogP contribution in [-0.2, 0) is 4.74 Å². The molecule has 2 nitrogen and oxygen atoms in total. The number of nitrogens with zero attached hydrogens (tertiary/aromatic N) is 1. The van der Waals surface area contributed by atoms with Gasteiger partial charge in [-0.1, -0.05) is 0 Å². The van der Waals surface area contributed by atoms with Crippen molar-refractivity contribution in [2.45, 2.75) is 19.3 Å². The Morgan fingerprint density at radius 3 is 2.67 bits per heavy atom. The summed E-state index contributed by atoms with van der Waals surface area (Å²) in [7, 11) is 0. The molecular weight excluding hydrogens is 150 g/mol. The van der Waals surface area contributed by atoms with Crippen LogP contribution in [0.5, 0.6) is 0 Å². The summed E-state index contributed by atoms with van der Waals surface area (Å²) in [4.78, 5) is 2.40. The smallest absolute Gasteiger partial charge is 0.107 e. The van der Waals surface area contributed by atoms with Gasteiger partial charge < -0.3 is 9.64 Å². The zero-order valence-electron chi connectivity index (χ0n) is 7.33. The average molecular weight is 165 g/mol. The monoisotopic (exact) mass is 165 g/mol. The Hall–Kier alpha value is -0.920. The molecule has 0 aromatic rings. The van der Waals surface area contributed by atoms with Crippen molar-refractivity contribution < 1.29 is 4.74 Å². The molecule has 0 unspecified atom stereocenters. The molecule has 0 N–H and O–H groups in total. The minimum atomic E-state index is 0.733. The summed E-state index contributed by atoms with van der Waals surface area (Å²) in [5, 5.41) is 0. The maximum absolute atomic E-state index is 5.24. The van der Waals surface area contributed by atoms with E-state index in [4.69, 9.17) is 4.74 Å². The highest BCUT2D eigenvalue weighted by Crippen LogP contribution is 2.17. The quantitative estimate of drug-likeness (QED) is 0.588. The van der Waals surface area contributed by atoms with Gasteiger partial charge in [-0.2, -0.15) is 0 Å². The van der Waals surface area contributed by atoms with Crippen molar-refractivity contribution in [3.63, 3.8) is 0 Å². The predicted molar refractivity (Wildman–Crippen MR) is 48.6 cm³/mol. The Balaban J connectivity index is 1.97. The standard InChI is InChI=1S/C10H15NO/c1-2-6-11(7-3-1)10-5-4-8-12-9-10/h4-5,9H,1-3,6-8H2. The van der Waals surface area contributed by atoms with E-state index in [1.54, 1.807) is 0 Å². The van der Waals surface area contributed by atoms with Gasteiger partial charge in [-0.3, -0.25) is 0 Å². The Kier molecular flexibility index (Phi) is 2.35. The van der Waals surface area contributed by atoms with Gasteiger partial charge in [0.1, 0.15) is 12.9 Å². The van der Waals surface area contributed by atoms with E-state index in [2.05, 4.69) is 17.1 Å². The lowest BCUT2D eigenvalue weighted by molar-refractivity contribution is 0.240. The topological polar surface area (TPSA) is 12.5 Å². The van der Waals surface area contributed by atoms with E-state index in [0.717, 1.165) is 6.61 Å². The number of hydrogen-bond acceptors (Lipinski definition) is 2. The van der Waals surface area contributed by atoms with Gasteiger partial charge in [0.2, 0.25) is 0 Å². The molecule has 0 aromatic carbocycles. The lowest BCUT2D eigenvalue weighted by atomic mass is 10.1. The highest BCUT2D eigenvalue weighted by molar-refractivity contribution is 5.18. The van der Waals surface area contributed by atoms with Gasteiger partial charge in [0, 0.05) is 13.1 Å². The van der Waals surface area contributed by atoms with Gasteiger partial charge >= 0.3 is 0 Å². The zero-order chi connectivity index (χ0) is 8.23. The number of likely N-dealkylation sites (tertiary alicyclic amines) is 1. The van der Waals surface area contributed by atoms with Crippen LogP contribution >= 0.6 is 0 Å². The third kappa shape index (κ3) is 1.63. The molecular formula is C10H15NO. The second-order valence-electron chi connectivity index (χ2n) is 3.33. The van der Waals surface area contributed by atoms with Crippen molar-refractivity contribution in [3.8, 4) is 0 Å². The molecule has 0 aliphatic carbocycles. The number of ether oxygens (including phenoxy) is 1. The maximum Gasteiger partial charge on any atom is 0.107 e. The molecule has 1 fully saturated rings. The van der Waals surface area contributed by atoms with E-state index in [1.165, 1.54) is 38.0 Å². The zero-order valence-corrected chi connectivity index (χ0v) is 7.33. The molecule has 0 radical (unpaired) electrons. The predicted octanol–water partition coefficient (Wildman–Crippen LogP) is 1.90. The van der Waals surface area contributed by atoms with Crippen LogP contribution in [0.4, 0.5) is 0 Å². The molecule has 0 aromatic heterocycles. The van der Waals surface area contributed by atoms with E-state index >= 15 is 0 Å². The van der Waals surface area contributed by atoms with Gasteiger partial charge in [-0.05, 0) is 31.4 Å². The summed E-state index contributed by atoms with van der Waals surface area (Å²) >= 11 is 0. The second-order valence-corrected chi connectivity index (χ2v) is 3.33. The van der Waals surface area contributed by atoms with Crippen molar-refractivity contribution >= 4 is 0 Å². The molecule has 2 aliphatic rings. The van der Waals surface area contributed by atoms with Crippen molar-refractivity contribution in [2.24, 2.45) is 0 Å². The normalized spacial score (nSPS) is 23.3. The molecule has 2 rings (SSSR count). The van der Waals surface area contributed by atoms with Crippen LogP contribution < -0.4 is 0 Å². The molecule has 1 saturated heterocycles. The largest absolute Gasteiger partial charge is 0.495 e. The third-order valence-corrected chi connectivity index (χ3v) is 2.41. The average Bonchev–Trinajstić information content (AvgIpc) is 2.21. The number of hydrogen-bond donors (Lipinski definition) is 0. The second kappa shape index (κ2) is 3.65. The molecule has 0 spiro atoms. The first-order chi connectivity index (χ1) is 5.97. The number of piperidine rings is 1. The lowest BCUT2D eigenvalue weighted by Gasteiger charge is -2.30. The van der Waals surface area contributed by atoms with E-state index < -0.39 is 0 Å². The fourth-order valence-corrected chi connectivity index (χ4v) is 1.73. The lowest BCUT2D eigenvalue weighted by Crippen LogP contribution is -2.29. The summed E-state index contributed by atoms with van der Waals surface area (Å²) in [6, 6.07) is 0. The minimum Gasteiger partial charge on any atom is -0.495 e. The molecule has 0 amide bonds. The Morgan fingerprint density at radius 1 is 1.17 bits per heavy atom. The fourth-order valence-electron chi connectivity index (χ4n) is 1.73. The Bertz CT molecular complexity index is 202. The Morgan fingerprint density at radius 2 is 2.00 bits per heavy atom. The van der Waals surface area contributed by atoms with E-state index in [-0.39, 0.29) is 0 Å². The first kappa shape index (κ1) is 7.71. The Labute approximate surface area is 73.5 Å². The van der Waals surface area contributed by atoms with E-state index in [1.807, 2.05) is 6.26 Å². The molecule has 0 bridgehead atoms. The number of allylic oxidation sites excluding steroid dienone is 1. The van der Waals surface area contributed by atoms with Crippen LogP contribution in [0.3, 0.4) is 0 Å². The van der Waals surface area contributed by atoms with Crippen molar-refractivity contribution in [3.05, 3.63) is 24.1 Å². The van der Waals surface area contributed by atoms with Crippen LogP contribution in [0.25, 0.3) is 0 Å². The molecule has 12 heavy (non-hydrogen) atoms. The van der Waals surface area contributed by atoms with Gasteiger partial charge in [0.05, 0.1) is 5.70 Å². The molecule has 0 saturated carbocycles. The van der Waals surface area contributed by atoms with Crippen molar-refractivity contribution in [1.82, 2.24) is 4.90 Å². The summed E-state index contributed by atoms with van der Waals surface area (Å²) in [6.45, 7) is 3.12. The summed E-state index contributed by atoms with van der Waals surface area (Å²) in [5.41, 5.74) is 1.25. The van der Waals surface area contributed by atoms with Crippen LogP contribution in [0, 0.1) is 0 Å². The molecule has 2 heteroatoms. The van der Waals surface area contributed by atoms with Gasteiger partial charge in [-0.15, -0.1) is 0 Å². The van der Waals surface area contributed by atoms with Crippen LogP contribution in [-0.4, -0.2) is 24.6 Å². The maximum atomic E-state index is 5.24. The van der Waals surface area contributed by atoms with Crippen molar-refractivity contribution in [1.29, 1.82) is 0 Å². The third-order valence-electron chi connectivity index (χ3n) is 2.41. The summed E-state index contributed by atoms with van der Waals surface area (Å²) in [6.07, 6.45) is 10.1.